The van der Waals surface area contributed by atoms with Gasteiger partial charge in [0.25, 0.3) is 0 Å². The number of allylic oxidation sites excluding steroid dienone is 1. The van der Waals surface area contributed by atoms with E-state index < -0.39 is 11.9 Å². The van der Waals surface area contributed by atoms with Crippen LogP contribution in [0, 0.1) is 23.7 Å². The first-order valence-electron chi connectivity index (χ1n) is 9.52. The van der Waals surface area contributed by atoms with Crippen molar-refractivity contribution in [1.82, 2.24) is 0 Å². The molecule has 5 nitrogen and oxygen atoms in total. The molecule has 0 radical (unpaired) electrons. The van der Waals surface area contributed by atoms with Gasteiger partial charge in [0.05, 0.1) is 7.11 Å². The van der Waals surface area contributed by atoms with Gasteiger partial charge in [0.15, 0.2) is 5.78 Å². The Kier molecular flexibility index (Phi) is 8.89. The maximum absolute atomic E-state index is 12.8. The number of esters is 1. The van der Waals surface area contributed by atoms with Gasteiger partial charge in [-0.05, 0) is 24.3 Å². The Bertz CT molecular complexity index is 573. The number of methoxy groups -OCH3 is 1. The first kappa shape index (κ1) is 22.3. The van der Waals surface area contributed by atoms with E-state index in [0.29, 0.717) is 6.42 Å². The molecule has 146 valence electrons. The second-order valence-electron chi connectivity index (χ2n) is 7.93. The van der Waals surface area contributed by atoms with Crippen LogP contribution in [0.3, 0.4) is 0 Å². The summed E-state index contributed by atoms with van der Waals surface area (Å²) in [5.74, 6) is -1.29. The Morgan fingerprint density at radius 3 is 2.31 bits per heavy atom. The van der Waals surface area contributed by atoms with Gasteiger partial charge < -0.3 is 4.74 Å². The number of rotatable bonds is 2. The van der Waals surface area contributed by atoms with Crippen LogP contribution >= 0.6 is 0 Å². The summed E-state index contributed by atoms with van der Waals surface area (Å²) in [6.07, 6.45) is 4.11. The molecule has 0 aromatic heterocycles. The van der Waals surface area contributed by atoms with E-state index in [2.05, 4.69) is 0 Å². The zero-order valence-corrected chi connectivity index (χ0v) is 16.7. The fourth-order valence-electron chi connectivity index (χ4n) is 3.40. The summed E-state index contributed by atoms with van der Waals surface area (Å²) < 4.78 is 4.74. The topological polar surface area (TPSA) is 77.5 Å². The number of hydrogen-bond donors (Lipinski definition) is 0. The summed E-state index contributed by atoms with van der Waals surface area (Å²) >= 11 is 0. The van der Waals surface area contributed by atoms with Crippen LogP contribution in [0.4, 0.5) is 0 Å². The molecule has 0 spiro atoms. The maximum atomic E-state index is 12.8. The second-order valence-corrected chi connectivity index (χ2v) is 7.93. The van der Waals surface area contributed by atoms with E-state index in [1.165, 1.54) is 13.2 Å². The molecule has 0 saturated carbocycles. The normalized spacial score (nSPS) is 29.1. The van der Waals surface area contributed by atoms with Crippen molar-refractivity contribution in [2.45, 2.75) is 66.2 Å². The average molecular weight is 364 g/mol. The van der Waals surface area contributed by atoms with Crippen LogP contribution in [0.15, 0.2) is 11.6 Å². The lowest BCUT2D eigenvalue weighted by Crippen LogP contribution is -2.27. The Labute approximate surface area is 156 Å². The minimum Gasteiger partial charge on any atom is -0.466 e. The fraction of sp³-hybridized carbons (Fsp3) is 0.714. The molecule has 0 amide bonds. The van der Waals surface area contributed by atoms with Crippen LogP contribution in [0.2, 0.25) is 0 Å². The van der Waals surface area contributed by atoms with Crippen LogP contribution in [0.5, 0.6) is 0 Å². The molecular formula is C21H32O5. The molecule has 3 atom stereocenters. The molecule has 26 heavy (non-hydrogen) atoms. The molecule has 1 aliphatic carbocycles. The lowest BCUT2D eigenvalue weighted by atomic mass is 9.81. The average Bonchev–Trinajstić information content (AvgIpc) is 2.56. The largest absolute Gasteiger partial charge is 0.466 e. The zero-order valence-electron chi connectivity index (χ0n) is 16.7. The van der Waals surface area contributed by atoms with E-state index in [4.69, 9.17) is 4.74 Å². The third-order valence-corrected chi connectivity index (χ3v) is 5.22. The molecule has 2 unspecified atom stereocenters. The summed E-state index contributed by atoms with van der Waals surface area (Å²) in [6.45, 7) is 7.70. The predicted octanol–water partition coefficient (Wildman–Crippen LogP) is 3.69. The van der Waals surface area contributed by atoms with E-state index in [9.17, 15) is 19.2 Å². The van der Waals surface area contributed by atoms with E-state index in [-0.39, 0.29) is 53.5 Å². The summed E-state index contributed by atoms with van der Waals surface area (Å²) in [5.41, 5.74) is 0.0814. The van der Waals surface area contributed by atoms with Gasteiger partial charge in [-0.25, -0.2) is 4.79 Å². The smallest absolute Gasteiger partial charge is 0.334 e. The van der Waals surface area contributed by atoms with Gasteiger partial charge in [-0.15, -0.1) is 0 Å². The standard InChI is InChI=1S/C21H32O5/c1-13(2)18-12-19(23)15(4)8-6-7-14(3)9-17(22)10-16(11-20(18)24)21(25)26-5/h10,13-15,18H,6-9,11-12H2,1-5H3/b16-10-/t14-,15?,18?/m1/s1. The van der Waals surface area contributed by atoms with E-state index in [1.807, 2.05) is 27.7 Å². The lowest BCUT2D eigenvalue weighted by molar-refractivity contribution is -0.138. The number of ether oxygens (including phenoxy) is 1. The minimum atomic E-state index is -0.659. The molecule has 0 aromatic carbocycles. The molecule has 0 aliphatic heterocycles. The van der Waals surface area contributed by atoms with Crippen LogP contribution in [-0.2, 0) is 23.9 Å². The van der Waals surface area contributed by atoms with E-state index in [1.54, 1.807) is 0 Å². The van der Waals surface area contributed by atoms with Crippen molar-refractivity contribution in [1.29, 1.82) is 0 Å². The maximum Gasteiger partial charge on any atom is 0.334 e. The molecule has 0 heterocycles. The van der Waals surface area contributed by atoms with Gasteiger partial charge in [0.2, 0.25) is 0 Å². The fourth-order valence-corrected chi connectivity index (χ4v) is 3.40. The first-order valence-corrected chi connectivity index (χ1v) is 9.52. The van der Waals surface area contributed by atoms with Crippen molar-refractivity contribution in [3.63, 3.8) is 0 Å². The van der Waals surface area contributed by atoms with Gasteiger partial charge in [-0.1, -0.05) is 40.5 Å². The summed E-state index contributed by atoms with van der Waals surface area (Å²) in [5, 5.41) is 0. The number of Topliss-reactive ketones (excluding diaryl/α,β-unsaturated/α-hetero) is 2. The molecule has 1 rings (SSSR count). The highest BCUT2D eigenvalue weighted by Gasteiger charge is 2.29. The number of hydrogen-bond acceptors (Lipinski definition) is 5. The predicted molar refractivity (Wildman–Crippen MR) is 99.5 cm³/mol. The van der Waals surface area contributed by atoms with Gasteiger partial charge >= 0.3 is 5.97 Å². The number of carbonyl (C=O) groups is 4. The number of ketones is 3. The highest BCUT2D eigenvalue weighted by molar-refractivity contribution is 6.03. The van der Waals surface area contributed by atoms with Crippen LogP contribution in [0.25, 0.3) is 0 Å². The summed E-state index contributed by atoms with van der Waals surface area (Å²) in [4.78, 5) is 49.6. The molecule has 0 aromatic rings. The van der Waals surface area contributed by atoms with Crippen molar-refractivity contribution < 1.29 is 23.9 Å². The molecule has 1 aliphatic rings. The van der Waals surface area contributed by atoms with Gasteiger partial charge in [-0.2, -0.15) is 0 Å². The Balaban J connectivity index is 3.17. The van der Waals surface area contributed by atoms with E-state index >= 15 is 0 Å². The Hall–Kier alpha value is -1.78. The number of carbonyl (C=O) groups excluding carboxylic acids is 4. The summed E-state index contributed by atoms with van der Waals surface area (Å²) in [7, 11) is 1.23. The third-order valence-electron chi connectivity index (χ3n) is 5.22. The highest BCUT2D eigenvalue weighted by atomic mass is 16.5. The minimum absolute atomic E-state index is 0.0128. The Morgan fingerprint density at radius 2 is 1.73 bits per heavy atom. The van der Waals surface area contributed by atoms with Crippen LogP contribution in [0.1, 0.15) is 66.2 Å². The van der Waals surface area contributed by atoms with Crippen LogP contribution < -0.4 is 0 Å². The zero-order chi connectivity index (χ0) is 19.9. The molecule has 5 heteroatoms. The molecular weight excluding hydrogens is 332 g/mol. The van der Waals surface area contributed by atoms with Gasteiger partial charge in [-0.3, -0.25) is 14.4 Å². The molecule has 0 fully saturated rings. The van der Waals surface area contributed by atoms with Crippen molar-refractivity contribution >= 4 is 23.3 Å². The second kappa shape index (κ2) is 10.4. The van der Waals surface area contributed by atoms with Crippen molar-refractivity contribution in [2.24, 2.45) is 23.7 Å². The van der Waals surface area contributed by atoms with Gasteiger partial charge in [0.1, 0.15) is 11.6 Å². The third kappa shape index (κ3) is 6.85. The van der Waals surface area contributed by atoms with Crippen LogP contribution in [-0.4, -0.2) is 30.4 Å². The van der Waals surface area contributed by atoms with Crippen molar-refractivity contribution in [3.8, 4) is 0 Å². The SMILES string of the molecule is COC(=O)/C1=C\C(=O)C[C@H](C)CCCC(C)C(=O)CC(C(C)C)C(=O)C1. The quantitative estimate of drug-likeness (QED) is 0.698. The monoisotopic (exact) mass is 364 g/mol. The first-order chi connectivity index (χ1) is 12.1. The molecule has 0 saturated heterocycles. The van der Waals surface area contributed by atoms with E-state index in [0.717, 1.165) is 19.3 Å². The molecule has 0 N–H and O–H groups in total. The van der Waals surface area contributed by atoms with Crippen molar-refractivity contribution in [3.05, 3.63) is 11.6 Å². The van der Waals surface area contributed by atoms with Gasteiger partial charge in [0, 0.05) is 36.7 Å². The Morgan fingerprint density at radius 1 is 1.08 bits per heavy atom. The highest BCUT2D eigenvalue weighted by Crippen LogP contribution is 2.25. The summed E-state index contributed by atoms with van der Waals surface area (Å²) in [6, 6.07) is 0. The lowest BCUT2D eigenvalue weighted by Gasteiger charge is -2.22. The molecule has 0 bridgehead atoms. The van der Waals surface area contributed by atoms with Crippen molar-refractivity contribution in [2.75, 3.05) is 7.11 Å².